The largest absolute Gasteiger partial charge is 0.396 e. The van der Waals surface area contributed by atoms with Crippen molar-refractivity contribution in [1.29, 1.82) is 0 Å². The van der Waals surface area contributed by atoms with Crippen molar-refractivity contribution in [1.82, 2.24) is 0 Å². The zero-order valence-electron chi connectivity index (χ0n) is 13.9. The first-order valence-electron chi connectivity index (χ1n) is 8.99. The summed E-state index contributed by atoms with van der Waals surface area (Å²) < 4.78 is 0. The van der Waals surface area contributed by atoms with E-state index in [9.17, 15) is 5.11 Å². The summed E-state index contributed by atoms with van der Waals surface area (Å²) in [5, 5.41) is 18.8. The van der Waals surface area contributed by atoms with Gasteiger partial charge in [0.15, 0.2) is 0 Å². The van der Waals surface area contributed by atoms with Gasteiger partial charge in [-0.2, -0.15) is 0 Å². The van der Waals surface area contributed by atoms with Gasteiger partial charge < -0.3 is 10.2 Å². The van der Waals surface area contributed by atoms with Crippen molar-refractivity contribution in [2.24, 2.45) is 5.92 Å². The van der Waals surface area contributed by atoms with Crippen LogP contribution in [-0.4, -0.2) is 22.9 Å². The summed E-state index contributed by atoms with van der Waals surface area (Å²) in [6, 6.07) is 0. The maximum Gasteiger partial charge on any atom is 0.0540 e. The zero-order chi connectivity index (χ0) is 15.1. The molecule has 2 unspecified atom stereocenters. The molecule has 0 aromatic heterocycles. The van der Waals surface area contributed by atoms with Crippen molar-refractivity contribution < 1.29 is 10.2 Å². The normalized spacial score (nSPS) is 14.4. The lowest BCUT2D eigenvalue weighted by Crippen LogP contribution is -2.06. The van der Waals surface area contributed by atoms with Gasteiger partial charge in [-0.05, 0) is 25.2 Å². The molecule has 0 heterocycles. The van der Waals surface area contributed by atoms with E-state index in [2.05, 4.69) is 13.8 Å². The van der Waals surface area contributed by atoms with Crippen LogP contribution in [0.25, 0.3) is 0 Å². The van der Waals surface area contributed by atoms with Gasteiger partial charge in [0.05, 0.1) is 6.10 Å². The molecule has 2 heteroatoms. The Morgan fingerprint density at radius 3 is 1.65 bits per heavy atom. The molecule has 0 aliphatic rings. The van der Waals surface area contributed by atoms with Gasteiger partial charge in [0, 0.05) is 6.61 Å². The molecule has 0 aromatic carbocycles. The van der Waals surface area contributed by atoms with E-state index in [1.165, 1.54) is 57.8 Å². The van der Waals surface area contributed by atoms with Gasteiger partial charge in [-0.1, -0.05) is 78.1 Å². The quantitative estimate of drug-likeness (QED) is 0.413. The standard InChI is InChI=1S/C18H38O2/c1-3-4-5-6-7-11-14-18(20)15-12-9-8-10-13-17(2)16-19/h17-20H,3-16H2,1-2H3. The van der Waals surface area contributed by atoms with Gasteiger partial charge in [-0.15, -0.1) is 0 Å². The number of hydrogen-bond acceptors (Lipinski definition) is 2. The third-order valence-corrected chi connectivity index (χ3v) is 4.19. The summed E-state index contributed by atoms with van der Waals surface area (Å²) in [4.78, 5) is 0. The SMILES string of the molecule is CCCCCCCCC(O)CCCCCCC(C)CO. The molecule has 0 spiro atoms. The lowest BCUT2D eigenvalue weighted by Gasteiger charge is -2.11. The van der Waals surface area contributed by atoms with Crippen LogP contribution in [0.4, 0.5) is 0 Å². The third-order valence-electron chi connectivity index (χ3n) is 4.19. The van der Waals surface area contributed by atoms with Crippen molar-refractivity contribution in [3.63, 3.8) is 0 Å². The molecule has 2 N–H and O–H groups in total. The maximum absolute atomic E-state index is 9.90. The number of unbranched alkanes of at least 4 members (excludes halogenated alkanes) is 8. The van der Waals surface area contributed by atoms with Crippen molar-refractivity contribution in [2.45, 2.75) is 103 Å². The summed E-state index contributed by atoms with van der Waals surface area (Å²) in [5.41, 5.74) is 0. The van der Waals surface area contributed by atoms with Crippen LogP contribution >= 0.6 is 0 Å². The van der Waals surface area contributed by atoms with E-state index in [4.69, 9.17) is 5.11 Å². The Morgan fingerprint density at radius 2 is 1.15 bits per heavy atom. The van der Waals surface area contributed by atoms with Crippen molar-refractivity contribution in [3.05, 3.63) is 0 Å². The minimum atomic E-state index is -0.0717. The average Bonchev–Trinajstić information content (AvgIpc) is 2.46. The highest BCUT2D eigenvalue weighted by Gasteiger charge is 2.04. The molecule has 0 aliphatic carbocycles. The Balaban J connectivity index is 3.18. The maximum atomic E-state index is 9.90. The molecule has 0 saturated heterocycles. The second kappa shape index (κ2) is 15.3. The summed E-state index contributed by atoms with van der Waals surface area (Å²) in [5.74, 6) is 0.452. The van der Waals surface area contributed by atoms with E-state index < -0.39 is 0 Å². The fourth-order valence-corrected chi connectivity index (χ4v) is 2.62. The zero-order valence-corrected chi connectivity index (χ0v) is 13.9. The van der Waals surface area contributed by atoms with Crippen LogP contribution in [-0.2, 0) is 0 Å². The first-order chi connectivity index (χ1) is 9.70. The van der Waals surface area contributed by atoms with Crippen LogP contribution in [0.2, 0.25) is 0 Å². The predicted octanol–water partition coefficient (Wildman–Crippen LogP) is 5.07. The van der Waals surface area contributed by atoms with E-state index in [-0.39, 0.29) is 6.10 Å². The van der Waals surface area contributed by atoms with Gasteiger partial charge in [-0.25, -0.2) is 0 Å². The Labute approximate surface area is 127 Å². The highest BCUT2D eigenvalue weighted by Crippen LogP contribution is 2.14. The number of hydrogen-bond donors (Lipinski definition) is 2. The van der Waals surface area contributed by atoms with E-state index in [0.717, 1.165) is 25.7 Å². The Morgan fingerprint density at radius 1 is 0.700 bits per heavy atom. The third kappa shape index (κ3) is 14.3. The lowest BCUT2D eigenvalue weighted by molar-refractivity contribution is 0.147. The molecule has 0 saturated carbocycles. The monoisotopic (exact) mass is 286 g/mol. The average molecular weight is 286 g/mol. The minimum absolute atomic E-state index is 0.0717. The van der Waals surface area contributed by atoms with Crippen LogP contribution in [0, 0.1) is 5.92 Å². The molecule has 2 nitrogen and oxygen atoms in total. The van der Waals surface area contributed by atoms with Crippen LogP contribution in [0.1, 0.15) is 97.3 Å². The molecule has 20 heavy (non-hydrogen) atoms. The van der Waals surface area contributed by atoms with Gasteiger partial charge >= 0.3 is 0 Å². The van der Waals surface area contributed by atoms with E-state index in [0.29, 0.717) is 12.5 Å². The molecule has 0 amide bonds. The molecule has 0 aliphatic heterocycles. The summed E-state index contributed by atoms with van der Waals surface area (Å²) in [7, 11) is 0. The fourth-order valence-electron chi connectivity index (χ4n) is 2.62. The second-order valence-electron chi connectivity index (χ2n) is 6.49. The molecule has 0 radical (unpaired) electrons. The van der Waals surface area contributed by atoms with Crippen molar-refractivity contribution in [3.8, 4) is 0 Å². The molecule has 122 valence electrons. The molecule has 0 rings (SSSR count). The molecule has 0 aromatic rings. The number of rotatable bonds is 15. The Hall–Kier alpha value is -0.0800. The fraction of sp³-hybridized carbons (Fsp3) is 1.00. The minimum Gasteiger partial charge on any atom is -0.396 e. The number of aliphatic hydroxyl groups is 2. The predicted molar refractivity (Wildman–Crippen MR) is 88.0 cm³/mol. The van der Waals surface area contributed by atoms with Crippen LogP contribution < -0.4 is 0 Å². The molecule has 0 bridgehead atoms. The number of aliphatic hydroxyl groups excluding tert-OH is 2. The van der Waals surface area contributed by atoms with Gasteiger partial charge in [-0.3, -0.25) is 0 Å². The van der Waals surface area contributed by atoms with Crippen LogP contribution in [0.5, 0.6) is 0 Å². The molecular weight excluding hydrogens is 248 g/mol. The van der Waals surface area contributed by atoms with E-state index >= 15 is 0 Å². The van der Waals surface area contributed by atoms with Crippen LogP contribution in [0.3, 0.4) is 0 Å². The molecule has 2 atom stereocenters. The Bertz CT molecular complexity index is 182. The lowest BCUT2D eigenvalue weighted by atomic mass is 10.0. The highest BCUT2D eigenvalue weighted by atomic mass is 16.3. The molecular formula is C18H38O2. The van der Waals surface area contributed by atoms with Crippen LogP contribution in [0.15, 0.2) is 0 Å². The van der Waals surface area contributed by atoms with Gasteiger partial charge in [0.1, 0.15) is 0 Å². The topological polar surface area (TPSA) is 40.5 Å². The van der Waals surface area contributed by atoms with E-state index in [1.54, 1.807) is 0 Å². The summed E-state index contributed by atoms with van der Waals surface area (Å²) in [6.45, 7) is 4.66. The summed E-state index contributed by atoms with van der Waals surface area (Å²) >= 11 is 0. The second-order valence-corrected chi connectivity index (χ2v) is 6.49. The van der Waals surface area contributed by atoms with Gasteiger partial charge in [0.25, 0.3) is 0 Å². The summed E-state index contributed by atoms with van der Waals surface area (Å²) in [6.07, 6.45) is 15.7. The van der Waals surface area contributed by atoms with Gasteiger partial charge in [0.2, 0.25) is 0 Å². The first-order valence-corrected chi connectivity index (χ1v) is 8.99. The smallest absolute Gasteiger partial charge is 0.0540 e. The van der Waals surface area contributed by atoms with Crippen molar-refractivity contribution in [2.75, 3.05) is 6.61 Å². The highest BCUT2D eigenvalue weighted by molar-refractivity contribution is 4.58. The Kier molecular flexibility index (Phi) is 15.3. The first kappa shape index (κ1) is 19.9. The molecule has 0 fully saturated rings. The van der Waals surface area contributed by atoms with E-state index in [1.807, 2.05) is 0 Å². The van der Waals surface area contributed by atoms with Crippen molar-refractivity contribution >= 4 is 0 Å².